The lowest BCUT2D eigenvalue weighted by molar-refractivity contribution is -0.00550. The standard InChI is InChI=1S/C26H40O/c1-3-5-6-7-21-10-15-24(16-11-21)25-17-12-22(13-18-25)8-9-23-14-19-26(4-2)27-20-23/h8-11,15-16,22-23,25-26H,3-7,12-14,17-20H2,1-2H3. The van der Waals surface area contributed by atoms with E-state index in [1.54, 1.807) is 5.56 Å². The number of allylic oxidation sites excluding steroid dienone is 1. The van der Waals surface area contributed by atoms with Gasteiger partial charge in [-0.1, -0.05) is 63.1 Å². The van der Waals surface area contributed by atoms with Crippen molar-refractivity contribution in [1.82, 2.24) is 0 Å². The van der Waals surface area contributed by atoms with E-state index in [0.29, 0.717) is 12.0 Å². The molecular weight excluding hydrogens is 328 g/mol. The first-order valence-corrected chi connectivity index (χ1v) is 11.7. The molecule has 0 bridgehead atoms. The van der Waals surface area contributed by atoms with E-state index in [0.717, 1.165) is 18.4 Å². The maximum absolute atomic E-state index is 5.94. The Morgan fingerprint density at radius 1 is 0.852 bits per heavy atom. The minimum atomic E-state index is 0.517. The Bertz CT molecular complexity index is 542. The van der Waals surface area contributed by atoms with Gasteiger partial charge in [-0.05, 0) is 80.8 Å². The minimum absolute atomic E-state index is 0.517. The van der Waals surface area contributed by atoms with Gasteiger partial charge in [0.2, 0.25) is 0 Å². The normalized spacial score (nSPS) is 29.3. The lowest BCUT2D eigenvalue weighted by atomic mass is 9.78. The number of benzene rings is 1. The fourth-order valence-electron chi connectivity index (χ4n) is 4.79. The second-order valence-electron chi connectivity index (χ2n) is 8.90. The lowest BCUT2D eigenvalue weighted by Gasteiger charge is -2.29. The molecule has 1 nitrogen and oxygen atoms in total. The first-order chi connectivity index (χ1) is 13.3. The topological polar surface area (TPSA) is 9.23 Å². The molecule has 1 aromatic rings. The maximum atomic E-state index is 5.94. The number of unbranched alkanes of at least 4 members (excludes halogenated alkanes) is 2. The van der Waals surface area contributed by atoms with Gasteiger partial charge in [0.05, 0.1) is 12.7 Å². The van der Waals surface area contributed by atoms with Crippen LogP contribution in [0.1, 0.15) is 95.1 Å². The molecule has 1 heterocycles. The molecular formula is C26H40O. The maximum Gasteiger partial charge on any atom is 0.0573 e. The van der Waals surface area contributed by atoms with E-state index in [9.17, 15) is 0 Å². The third-order valence-corrected chi connectivity index (χ3v) is 6.81. The summed E-state index contributed by atoms with van der Waals surface area (Å²) < 4.78 is 5.94. The molecule has 2 aliphatic rings. The summed E-state index contributed by atoms with van der Waals surface area (Å²) in [5.74, 6) is 2.23. The molecule has 150 valence electrons. The van der Waals surface area contributed by atoms with Crippen molar-refractivity contribution in [1.29, 1.82) is 0 Å². The summed E-state index contributed by atoms with van der Waals surface area (Å²) in [4.78, 5) is 0. The van der Waals surface area contributed by atoms with Crippen molar-refractivity contribution >= 4 is 0 Å². The zero-order valence-corrected chi connectivity index (χ0v) is 17.7. The number of hydrogen-bond acceptors (Lipinski definition) is 1. The fourth-order valence-corrected chi connectivity index (χ4v) is 4.79. The summed E-state index contributed by atoms with van der Waals surface area (Å²) >= 11 is 0. The van der Waals surface area contributed by atoms with Crippen molar-refractivity contribution in [2.45, 2.75) is 96.5 Å². The molecule has 2 unspecified atom stereocenters. The highest BCUT2D eigenvalue weighted by atomic mass is 16.5. The third-order valence-electron chi connectivity index (χ3n) is 6.81. The zero-order chi connectivity index (χ0) is 18.9. The van der Waals surface area contributed by atoms with E-state index in [1.165, 1.54) is 76.2 Å². The Kier molecular flexibility index (Phi) is 8.45. The molecule has 1 aliphatic heterocycles. The van der Waals surface area contributed by atoms with Crippen LogP contribution in [0.25, 0.3) is 0 Å². The summed E-state index contributed by atoms with van der Waals surface area (Å²) in [6.07, 6.45) is 19.9. The van der Waals surface area contributed by atoms with Gasteiger partial charge in [0.15, 0.2) is 0 Å². The summed E-state index contributed by atoms with van der Waals surface area (Å²) in [7, 11) is 0. The van der Waals surface area contributed by atoms with Crippen LogP contribution in [0.3, 0.4) is 0 Å². The highest BCUT2D eigenvalue weighted by Crippen LogP contribution is 2.37. The van der Waals surface area contributed by atoms with Crippen LogP contribution in [0.15, 0.2) is 36.4 Å². The predicted octanol–water partition coefficient (Wildman–Crippen LogP) is 7.45. The van der Waals surface area contributed by atoms with Crippen molar-refractivity contribution in [3.8, 4) is 0 Å². The highest BCUT2D eigenvalue weighted by Gasteiger charge is 2.22. The van der Waals surface area contributed by atoms with Crippen molar-refractivity contribution < 1.29 is 4.74 Å². The molecule has 1 heteroatoms. The van der Waals surface area contributed by atoms with Gasteiger partial charge in [0.1, 0.15) is 0 Å². The molecule has 3 rings (SSSR count). The molecule has 27 heavy (non-hydrogen) atoms. The van der Waals surface area contributed by atoms with Crippen LogP contribution in [-0.4, -0.2) is 12.7 Å². The van der Waals surface area contributed by atoms with Gasteiger partial charge in [-0.3, -0.25) is 0 Å². The van der Waals surface area contributed by atoms with Crippen molar-refractivity contribution in [3.63, 3.8) is 0 Å². The van der Waals surface area contributed by atoms with Crippen molar-refractivity contribution in [3.05, 3.63) is 47.5 Å². The van der Waals surface area contributed by atoms with Gasteiger partial charge < -0.3 is 4.74 Å². The summed E-state index contributed by atoms with van der Waals surface area (Å²) in [5.41, 5.74) is 3.09. The quantitative estimate of drug-likeness (QED) is 0.342. The summed E-state index contributed by atoms with van der Waals surface area (Å²) in [5, 5.41) is 0. The SMILES string of the molecule is CCCCCc1ccc(C2CCC(C=CC3CCC(CC)OC3)CC2)cc1. The number of rotatable bonds is 8. The lowest BCUT2D eigenvalue weighted by Crippen LogP contribution is -2.24. The van der Waals surface area contributed by atoms with Crippen LogP contribution in [-0.2, 0) is 11.2 Å². The molecule has 2 fully saturated rings. The van der Waals surface area contributed by atoms with Crippen molar-refractivity contribution in [2.24, 2.45) is 11.8 Å². The Balaban J connectivity index is 1.40. The minimum Gasteiger partial charge on any atom is -0.378 e. The van der Waals surface area contributed by atoms with Gasteiger partial charge >= 0.3 is 0 Å². The molecule has 2 atom stereocenters. The van der Waals surface area contributed by atoms with E-state index < -0.39 is 0 Å². The largest absolute Gasteiger partial charge is 0.378 e. The molecule has 0 spiro atoms. The van der Waals surface area contributed by atoms with E-state index >= 15 is 0 Å². The van der Waals surface area contributed by atoms with Crippen LogP contribution in [0.4, 0.5) is 0 Å². The Morgan fingerprint density at radius 3 is 2.19 bits per heavy atom. The molecule has 0 amide bonds. The molecule has 1 aromatic carbocycles. The average molecular weight is 369 g/mol. The van der Waals surface area contributed by atoms with Crippen LogP contribution < -0.4 is 0 Å². The molecule has 1 saturated heterocycles. The van der Waals surface area contributed by atoms with Gasteiger partial charge in [0, 0.05) is 5.92 Å². The zero-order valence-electron chi connectivity index (χ0n) is 17.7. The van der Waals surface area contributed by atoms with Crippen molar-refractivity contribution in [2.75, 3.05) is 6.61 Å². The van der Waals surface area contributed by atoms with Crippen LogP contribution in [0.5, 0.6) is 0 Å². The smallest absolute Gasteiger partial charge is 0.0573 e. The first kappa shape index (κ1) is 20.6. The average Bonchev–Trinajstić information content (AvgIpc) is 2.74. The third kappa shape index (κ3) is 6.49. The molecule has 0 aromatic heterocycles. The van der Waals surface area contributed by atoms with E-state index in [1.807, 2.05) is 0 Å². The number of hydrogen-bond donors (Lipinski definition) is 0. The Labute approximate surface area is 167 Å². The Morgan fingerprint density at radius 2 is 1.56 bits per heavy atom. The second-order valence-corrected chi connectivity index (χ2v) is 8.90. The molecule has 1 saturated carbocycles. The van der Waals surface area contributed by atoms with Gasteiger partial charge in [-0.15, -0.1) is 0 Å². The monoisotopic (exact) mass is 368 g/mol. The second kappa shape index (κ2) is 11.1. The van der Waals surface area contributed by atoms with Crippen LogP contribution in [0, 0.1) is 11.8 Å². The highest BCUT2D eigenvalue weighted by molar-refractivity contribution is 5.26. The molecule has 0 radical (unpaired) electrons. The van der Waals surface area contributed by atoms with E-state index in [2.05, 4.69) is 50.3 Å². The van der Waals surface area contributed by atoms with Gasteiger partial charge in [-0.2, -0.15) is 0 Å². The van der Waals surface area contributed by atoms with E-state index in [-0.39, 0.29) is 0 Å². The molecule has 0 N–H and O–H groups in total. The van der Waals surface area contributed by atoms with Gasteiger partial charge in [-0.25, -0.2) is 0 Å². The van der Waals surface area contributed by atoms with Gasteiger partial charge in [0.25, 0.3) is 0 Å². The first-order valence-electron chi connectivity index (χ1n) is 11.7. The summed E-state index contributed by atoms with van der Waals surface area (Å²) in [6.45, 7) is 5.45. The van der Waals surface area contributed by atoms with Crippen LogP contribution >= 0.6 is 0 Å². The number of aryl methyl sites for hydroxylation is 1. The number of ether oxygens (including phenoxy) is 1. The fraction of sp³-hybridized carbons (Fsp3) is 0.692. The predicted molar refractivity (Wildman–Crippen MR) is 116 cm³/mol. The molecule has 1 aliphatic carbocycles. The van der Waals surface area contributed by atoms with Crippen LogP contribution in [0.2, 0.25) is 0 Å². The Hall–Kier alpha value is -1.08. The summed E-state index contributed by atoms with van der Waals surface area (Å²) in [6, 6.07) is 9.57. The van der Waals surface area contributed by atoms with E-state index in [4.69, 9.17) is 4.74 Å².